The van der Waals surface area contributed by atoms with E-state index < -0.39 is 11.5 Å². The molecule has 1 atom stereocenters. The molecular formula is C16H29NO4. The van der Waals surface area contributed by atoms with Crippen molar-refractivity contribution in [2.45, 2.75) is 60.5 Å². The predicted octanol–water partition coefficient (Wildman–Crippen LogP) is 2.59. The Hall–Kier alpha value is -1.10. The number of carbonyl (C=O) groups excluding carboxylic acids is 2. The molecule has 1 saturated heterocycles. The van der Waals surface area contributed by atoms with Gasteiger partial charge >= 0.3 is 5.97 Å². The molecule has 122 valence electrons. The van der Waals surface area contributed by atoms with Gasteiger partial charge in [0, 0.05) is 13.0 Å². The van der Waals surface area contributed by atoms with Gasteiger partial charge in [0.15, 0.2) is 6.10 Å². The number of hydrogen-bond donors (Lipinski definition) is 0. The van der Waals surface area contributed by atoms with Crippen LogP contribution in [-0.4, -0.2) is 42.8 Å². The minimum Gasteiger partial charge on any atom is -0.452 e. The highest BCUT2D eigenvalue weighted by atomic mass is 16.6. The SMILES string of the molecule is CCC(C)(C)C(=O)OC1CCN(COCC(C)(C)C)C1=O. The lowest BCUT2D eigenvalue weighted by Gasteiger charge is -2.24. The molecule has 0 aromatic carbocycles. The van der Waals surface area contributed by atoms with E-state index >= 15 is 0 Å². The van der Waals surface area contributed by atoms with Gasteiger partial charge in [0.25, 0.3) is 5.91 Å². The van der Waals surface area contributed by atoms with Gasteiger partial charge in [-0.3, -0.25) is 9.59 Å². The lowest BCUT2D eigenvalue weighted by atomic mass is 9.90. The van der Waals surface area contributed by atoms with Crippen LogP contribution in [0, 0.1) is 10.8 Å². The van der Waals surface area contributed by atoms with Crippen LogP contribution in [-0.2, 0) is 19.1 Å². The number of ether oxygens (including phenoxy) is 2. The molecule has 5 nitrogen and oxygen atoms in total. The Kier molecular flexibility index (Phi) is 5.79. The quantitative estimate of drug-likeness (QED) is 0.707. The number of likely N-dealkylation sites (tertiary alicyclic amines) is 1. The maximum Gasteiger partial charge on any atom is 0.312 e. The van der Waals surface area contributed by atoms with E-state index in [1.165, 1.54) is 0 Å². The van der Waals surface area contributed by atoms with Crippen molar-refractivity contribution in [1.82, 2.24) is 4.90 Å². The van der Waals surface area contributed by atoms with Crippen LogP contribution in [0.15, 0.2) is 0 Å². The fraction of sp³-hybridized carbons (Fsp3) is 0.875. The fourth-order valence-electron chi connectivity index (χ4n) is 1.84. The molecule has 1 fully saturated rings. The Morgan fingerprint density at radius 1 is 1.29 bits per heavy atom. The highest BCUT2D eigenvalue weighted by Gasteiger charge is 2.38. The van der Waals surface area contributed by atoms with Crippen LogP contribution in [0.1, 0.15) is 54.4 Å². The zero-order valence-corrected chi connectivity index (χ0v) is 14.2. The summed E-state index contributed by atoms with van der Waals surface area (Å²) in [5.74, 6) is -0.454. The average molecular weight is 299 g/mol. The Balaban J connectivity index is 2.45. The van der Waals surface area contributed by atoms with Crippen molar-refractivity contribution in [3.8, 4) is 0 Å². The van der Waals surface area contributed by atoms with Gasteiger partial charge in [-0.15, -0.1) is 0 Å². The molecule has 0 aliphatic carbocycles. The van der Waals surface area contributed by atoms with Crippen molar-refractivity contribution in [2.75, 3.05) is 19.9 Å². The molecule has 1 heterocycles. The molecule has 0 saturated carbocycles. The minimum atomic E-state index is -0.651. The van der Waals surface area contributed by atoms with Crippen LogP contribution < -0.4 is 0 Å². The van der Waals surface area contributed by atoms with Crippen molar-refractivity contribution >= 4 is 11.9 Å². The van der Waals surface area contributed by atoms with E-state index in [1.807, 2.05) is 20.8 Å². The molecule has 1 rings (SSSR count). The molecule has 21 heavy (non-hydrogen) atoms. The maximum absolute atomic E-state index is 12.2. The fourth-order valence-corrected chi connectivity index (χ4v) is 1.84. The summed E-state index contributed by atoms with van der Waals surface area (Å²) in [4.78, 5) is 25.8. The molecule has 0 bridgehead atoms. The molecule has 1 aliphatic rings. The van der Waals surface area contributed by atoms with E-state index in [1.54, 1.807) is 4.90 Å². The van der Waals surface area contributed by atoms with Crippen LogP contribution in [0.3, 0.4) is 0 Å². The summed E-state index contributed by atoms with van der Waals surface area (Å²) in [6.45, 7) is 13.3. The van der Waals surface area contributed by atoms with Crippen molar-refractivity contribution in [3.05, 3.63) is 0 Å². The molecule has 0 spiro atoms. The Labute approximate surface area is 128 Å². The number of hydrogen-bond acceptors (Lipinski definition) is 4. The summed E-state index contributed by atoms with van der Waals surface area (Å²) >= 11 is 0. The number of esters is 1. The third-order valence-electron chi connectivity index (χ3n) is 3.72. The van der Waals surface area contributed by atoms with E-state index in [0.717, 1.165) is 0 Å². The van der Waals surface area contributed by atoms with Crippen molar-refractivity contribution < 1.29 is 19.1 Å². The summed E-state index contributed by atoms with van der Waals surface area (Å²) < 4.78 is 10.9. The van der Waals surface area contributed by atoms with Gasteiger partial charge in [-0.25, -0.2) is 0 Å². The zero-order valence-electron chi connectivity index (χ0n) is 14.2. The highest BCUT2D eigenvalue weighted by molar-refractivity contribution is 5.86. The number of rotatable bonds is 6. The summed E-state index contributed by atoms with van der Waals surface area (Å²) in [7, 11) is 0. The van der Waals surface area contributed by atoms with Crippen LogP contribution in [0.5, 0.6) is 0 Å². The summed E-state index contributed by atoms with van der Waals surface area (Å²) in [5, 5.41) is 0. The van der Waals surface area contributed by atoms with E-state index in [-0.39, 0.29) is 24.0 Å². The topological polar surface area (TPSA) is 55.8 Å². The largest absolute Gasteiger partial charge is 0.452 e. The maximum atomic E-state index is 12.2. The van der Waals surface area contributed by atoms with E-state index in [0.29, 0.717) is 26.0 Å². The second-order valence-corrected chi connectivity index (χ2v) is 7.56. The molecule has 0 N–H and O–H groups in total. The first kappa shape index (κ1) is 18.0. The first-order valence-corrected chi connectivity index (χ1v) is 7.64. The summed E-state index contributed by atoms with van der Waals surface area (Å²) in [6.07, 6.45) is 0.579. The molecule has 0 aromatic rings. The van der Waals surface area contributed by atoms with E-state index in [9.17, 15) is 9.59 Å². The van der Waals surface area contributed by atoms with Gasteiger partial charge in [-0.2, -0.15) is 0 Å². The van der Waals surface area contributed by atoms with Gasteiger partial charge < -0.3 is 14.4 Å². The Bertz CT molecular complexity index is 384. The molecule has 1 unspecified atom stereocenters. The Morgan fingerprint density at radius 3 is 2.43 bits per heavy atom. The molecule has 0 radical (unpaired) electrons. The van der Waals surface area contributed by atoms with Gasteiger partial charge in [-0.1, -0.05) is 27.7 Å². The van der Waals surface area contributed by atoms with Crippen molar-refractivity contribution in [2.24, 2.45) is 10.8 Å². The van der Waals surface area contributed by atoms with E-state index in [4.69, 9.17) is 9.47 Å². The van der Waals surface area contributed by atoms with Gasteiger partial charge in [0.1, 0.15) is 6.73 Å². The molecule has 5 heteroatoms. The van der Waals surface area contributed by atoms with Gasteiger partial charge in [-0.05, 0) is 25.7 Å². The molecule has 1 amide bonds. The Morgan fingerprint density at radius 2 is 1.90 bits per heavy atom. The summed E-state index contributed by atoms with van der Waals surface area (Å²) in [5.41, 5.74) is -0.476. The van der Waals surface area contributed by atoms with Gasteiger partial charge in [0.2, 0.25) is 0 Å². The predicted molar refractivity (Wildman–Crippen MR) is 80.6 cm³/mol. The van der Waals surface area contributed by atoms with Gasteiger partial charge in [0.05, 0.1) is 12.0 Å². The smallest absolute Gasteiger partial charge is 0.312 e. The lowest BCUT2D eigenvalue weighted by molar-refractivity contribution is -0.165. The van der Waals surface area contributed by atoms with Crippen LogP contribution in [0.4, 0.5) is 0 Å². The zero-order chi connectivity index (χ0) is 16.3. The second kappa shape index (κ2) is 6.77. The summed E-state index contributed by atoms with van der Waals surface area (Å²) in [6, 6.07) is 0. The second-order valence-electron chi connectivity index (χ2n) is 7.56. The monoisotopic (exact) mass is 299 g/mol. The van der Waals surface area contributed by atoms with E-state index in [2.05, 4.69) is 20.8 Å². The van der Waals surface area contributed by atoms with Crippen LogP contribution in [0.25, 0.3) is 0 Å². The lowest BCUT2D eigenvalue weighted by Crippen LogP contribution is -2.37. The van der Waals surface area contributed by atoms with Crippen molar-refractivity contribution in [3.63, 3.8) is 0 Å². The average Bonchev–Trinajstić information content (AvgIpc) is 2.70. The van der Waals surface area contributed by atoms with Crippen molar-refractivity contribution in [1.29, 1.82) is 0 Å². The third-order valence-corrected chi connectivity index (χ3v) is 3.72. The normalized spacial score (nSPS) is 20.0. The molecule has 0 aromatic heterocycles. The number of nitrogens with zero attached hydrogens (tertiary/aromatic N) is 1. The van der Waals surface area contributed by atoms with Crippen LogP contribution in [0.2, 0.25) is 0 Å². The molecule has 1 aliphatic heterocycles. The molecular weight excluding hydrogens is 270 g/mol. The highest BCUT2D eigenvalue weighted by Crippen LogP contribution is 2.25. The minimum absolute atomic E-state index is 0.0692. The van der Waals surface area contributed by atoms with Crippen LogP contribution >= 0.6 is 0 Å². The first-order valence-electron chi connectivity index (χ1n) is 7.64. The standard InChI is InChI=1S/C16H29NO4/c1-7-16(5,6)14(19)21-12-8-9-17(13(12)18)11-20-10-15(2,3)4/h12H,7-11H2,1-6H3. The first-order chi connectivity index (χ1) is 9.57. The third kappa shape index (κ3) is 5.30. The number of carbonyl (C=O) groups is 2. The number of amides is 1.